The number of hydrogen-bond donors (Lipinski definition) is 1. The van der Waals surface area contributed by atoms with E-state index in [1.807, 2.05) is 11.3 Å². The molecular formula is C11H16N2S. The molecule has 1 saturated carbocycles. The SMILES string of the molecule is CCCNc1nc2c(s1)C1CCC2C1. The van der Waals surface area contributed by atoms with Gasteiger partial charge in [0.1, 0.15) is 0 Å². The molecule has 2 bridgehead atoms. The Morgan fingerprint density at radius 2 is 2.29 bits per heavy atom. The Morgan fingerprint density at radius 3 is 3.07 bits per heavy atom. The van der Waals surface area contributed by atoms with Gasteiger partial charge in [-0.15, -0.1) is 11.3 Å². The highest BCUT2D eigenvalue weighted by Crippen LogP contribution is 2.55. The molecule has 1 aromatic heterocycles. The van der Waals surface area contributed by atoms with E-state index in [0.717, 1.165) is 23.5 Å². The second-order valence-electron chi connectivity index (χ2n) is 4.40. The van der Waals surface area contributed by atoms with Gasteiger partial charge >= 0.3 is 0 Å². The van der Waals surface area contributed by atoms with Crippen LogP contribution in [0.4, 0.5) is 5.13 Å². The maximum absolute atomic E-state index is 4.72. The lowest BCUT2D eigenvalue weighted by Gasteiger charge is -2.06. The quantitative estimate of drug-likeness (QED) is 0.824. The summed E-state index contributed by atoms with van der Waals surface area (Å²) in [6, 6.07) is 0. The zero-order valence-corrected chi connectivity index (χ0v) is 9.36. The summed E-state index contributed by atoms with van der Waals surface area (Å²) in [6.45, 7) is 3.25. The molecule has 1 aromatic rings. The zero-order chi connectivity index (χ0) is 9.54. The first kappa shape index (κ1) is 8.72. The standard InChI is InChI=1S/C11H16N2S/c1-2-5-12-11-13-9-7-3-4-8(6-7)10(9)14-11/h7-8H,2-6H2,1H3,(H,12,13). The molecule has 2 unspecified atom stereocenters. The normalized spacial score (nSPS) is 28.1. The molecule has 1 heterocycles. The maximum Gasteiger partial charge on any atom is 0.183 e. The van der Waals surface area contributed by atoms with Gasteiger partial charge < -0.3 is 5.32 Å². The molecule has 2 atom stereocenters. The van der Waals surface area contributed by atoms with E-state index in [-0.39, 0.29) is 0 Å². The van der Waals surface area contributed by atoms with Crippen LogP contribution in [0.25, 0.3) is 0 Å². The third-order valence-corrected chi connectivity index (χ3v) is 4.59. The van der Waals surface area contributed by atoms with Crippen LogP contribution < -0.4 is 5.32 Å². The summed E-state index contributed by atoms with van der Waals surface area (Å²) in [5, 5.41) is 4.56. The monoisotopic (exact) mass is 208 g/mol. The molecule has 0 radical (unpaired) electrons. The number of aromatic nitrogens is 1. The van der Waals surface area contributed by atoms with Gasteiger partial charge in [-0.25, -0.2) is 4.98 Å². The van der Waals surface area contributed by atoms with Crippen LogP contribution in [0, 0.1) is 0 Å². The van der Waals surface area contributed by atoms with Gasteiger partial charge in [-0.05, 0) is 31.6 Å². The van der Waals surface area contributed by atoms with Gasteiger partial charge in [-0.2, -0.15) is 0 Å². The first-order valence-electron chi connectivity index (χ1n) is 5.63. The summed E-state index contributed by atoms with van der Waals surface area (Å²) in [6.07, 6.45) is 5.36. The highest BCUT2D eigenvalue weighted by molar-refractivity contribution is 7.15. The van der Waals surface area contributed by atoms with E-state index in [1.165, 1.54) is 31.4 Å². The number of nitrogens with one attached hydrogen (secondary N) is 1. The minimum Gasteiger partial charge on any atom is -0.362 e. The van der Waals surface area contributed by atoms with Gasteiger partial charge in [0, 0.05) is 17.3 Å². The van der Waals surface area contributed by atoms with Crippen molar-refractivity contribution in [2.45, 2.75) is 44.4 Å². The summed E-state index contributed by atoms with van der Waals surface area (Å²) in [7, 11) is 0. The Kier molecular flexibility index (Phi) is 2.01. The van der Waals surface area contributed by atoms with Crippen LogP contribution in [-0.4, -0.2) is 11.5 Å². The van der Waals surface area contributed by atoms with Gasteiger partial charge in [0.15, 0.2) is 5.13 Å². The van der Waals surface area contributed by atoms with Crippen LogP contribution in [-0.2, 0) is 0 Å². The molecule has 2 aliphatic carbocycles. The minimum atomic E-state index is 0.809. The van der Waals surface area contributed by atoms with Gasteiger partial charge in [-0.1, -0.05) is 6.92 Å². The van der Waals surface area contributed by atoms with E-state index in [0.29, 0.717) is 0 Å². The largest absolute Gasteiger partial charge is 0.362 e. The van der Waals surface area contributed by atoms with Crippen molar-refractivity contribution in [3.05, 3.63) is 10.6 Å². The van der Waals surface area contributed by atoms with E-state index < -0.39 is 0 Å². The van der Waals surface area contributed by atoms with Crippen molar-refractivity contribution in [3.63, 3.8) is 0 Å². The summed E-state index contributed by atoms with van der Waals surface area (Å²) in [4.78, 5) is 6.32. The first-order valence-corrected chi connectivity index (χ1v) is 6.44. The van der Waals surface area contributed by atoms with Crippen molar-refractivity contribution < 1.29 is 0 Å². The molecule has 0 saturated heterocycles. The molecule has 2 aliphatic rings. The lowest BCUT2D eigenvalue weighted by Crippen LogP contribution is -1.99. The third kappa shape index (κ3) is 1.18. The number of rotatable bonds is 3. The van der Waals surface area contributed by atoms with Crippen LogP contribution in [0.15, 0.2) is 0 Å². The molecule has 1 fully saturated rings. The lowest BCUT2D eigenvalue weighted by molar-refractivity contribution is 0.709. The van der Waals surface area contributed by atoms with Crippen LogP contribution in [0.1, 0.15) is 55.0 Å². The Labute approximate surface area is 88.7 Å². The zero-order valence-electron chi connectivity index (χ0n) is 8.55. The molecule has 2 nitrogen and oxygen atoms in total. The number of fused-ring (bicyclic) bond motifs is 5. The van der Waals surface area contributed by atoms with E-state index in [9.17, 15) is 0 Å². The predicted molar refractivity (Wildman–Crippen MR) is 60.2 cm³/mol. The van der Waals surface area contributed by atoms with Crippen LogP contribution in [0.3, 0.4) is 0 Å². The van der Waals surface area contributed by atoms with Crippen LogP contribution in [0.5, 0.6) is 0 Å². The van der Waals surface area contributed by atoms with E-state index >= 15 is 0 Å². The highest BCUT2D eigenvalue weighted by Gasteiger charge is 2.40. The number of nitrogens with zero attached hydrogens (tertiary/aromatic N) is 1. The molecule has 0 amide bonds. The number of hydrogen-bond acceptors (Lipinski definition) is 3. The molecule has 1 N–H and O–H groups in total. The molecule has 14 heavy (non-hydrogen) atoms. The summed E-state index contributed by atoms with van der Waals surface area (Å²) < 4.78 is 0. The molecule has 76 valence electrons. The number of thiazole rings is 1. The maximum atomic E-state index is 4.72. The topological polar surface area (TPSA) is 24.9 Å². The molecule has 3 rings (SSSR count). The lowest BCUT2D eigenvalue weighted by atomic mass is 10.0. The van der Waals surface area contributed by atoms with Crippen molar-refractivity contribution >= 4 is 16.5 Å². The van der Waals surface area contributed by atoms with Crippen molar-refractivity contribution in [2.24, 2.45) is 0 Å². The fourth-order valence-corrected chi connectivity index (χ4v) is 3.93. The fraction of sp³-hybridized carbons (Fsp3) is 0.727. The predicted octanol–water partition coefficient (Wildman–Crippen LogP) is 3.33. The minimum absolute atomic E-state index is 0.809. The van der Waals surface area contributed by atoms with Gasteiger partial charge in [0.2, 0.25) is 0 Å². The fourth-order valence-electron chi connectivity index (χ4n) is 2.70. The average molecular weight is 208 g/mol. The molecule has 0 spiro atoms. The van der Waals surface area contributed by atoms with Crippen LogP contribution >= 0.6 is 11.3 Å². The van der Waals surface area contributed by atoms with Gasteiger partial charge in [-0.3, -0.25) is 0 Å². The Bertz CT molecular complexity index is 318. The summed E-state index contributed by atoms with van der Waals surface area (Å²) in [5.41, 5.74) is 1.44. The average Bonchev–Trinajstić information content (AvgIpc) is 2.85. The highest BCUT2D eigenvalue weighted by atomic mass is 32.1. The molecule has 0 aromatic carbocycles. The summed E-state index contributed by atoms with van der Waals surface area (Å²) in [5.74, 6) is 1.67. The first-order chi connectivity index (χ1) is 6.88. The van der Waals surface area contributed by atoms with Gasteiger partial charge in [0.25, 0.3) is 0 Å². The molecular weight excluding hydrogens is 192 g/mol. The summed E-state index contributed by atoms with van der Waals surface area (Å²) >= 11 is 1.90. The Hall–Kier alpha value is -0.570. The third-order valence-electron chi connectivity index (χ3n) is 3.40. The molecule has 3 heteroatoms. The van der Waals surface area contributed by atoms with E-state index in [2.05, 4.69) is 12.2 Å². The number of anilines is 1. The van der Waals surface area contributed by atoms with Crippen molar-refractivity contribution in [1.82, 2.24) is 4.98 Å². The van der Waals surface area contributed by atoms with E-state index in [1.54, 1.807) is 4.88 Å². The van der Waals surface area contributed by atoms with Crippen molar-refractivity contribution in [2.75, 3.05) is 11.9 Å². The Balaban J connectivity index is 1.84. The van der Waals surface area contributed by atoms with Gasteiger partial charge in [0.05, 0.1) is 5.69 Å². The second-order valence-corrected chi connectivity index (χ2v) is 5.43. The molecule has 0 aliphatic heterocycles. The van der Waals surface area contributed by atoms with Crippen LogP contribution in [0.2, 0.25) is 0 Å². The van der Waals surface area contributed by atoms with E-state index in [4.69, 9.17) is 4.98 Å². The Morgan fingerprint density at radius 1 is 1.43 bits per heavy atom. The van der Waals surface area contributed by atoms with Crippen molar-refractivity contribution in [3.8, 4) is 0 Å². The van der Waals surface area contributed by atoms with Crippen molar-refractivity contribution in [1.29, 1.82) is 0 Å². The smallest absolute Gasteiger partial charge is 0.183 e. The second kappa shape index (κ2) is 3.23.